The summed E-state index contributed by atoms with van der Waals surface area (Å²) in [6.45, 7) is 0. The van der Waals surface area contributed by atoms with Crippen LogP contribution in [0.4, 0.5) is 4.39 Å². The number of ether oxygens (including phenoxy) is 1. The van der Waals surface area contributed by atoms with E-state index in [1.54, 1.807) is 24.3 Å². The third-order valence-electron chi connectivity index (χ3n) is 2.25. The maximum atomic E-state index is 13.9. The minimum Gasteiger partial charge on any atom is -0.478 e. The number of hydrogen-bond acceptors (Lipinski definition) is 2. The summed E-state index contributed by atoms with van der Waals surface area (Å²) in [7, 11) is 0. The van der Waals surface area contributed by atoms with Gasteiger partial charge in [-0.15, -0.1) is 0 Å². The molecule has 92 valence electrons. The molecule has 0 aliphatic rings. The molecule has 0 fully saturated rings. The second-order valence-electron chi connectivity index (χ2n) is 3.46. The number of carbonyl (C=O) groups is 1. The summed E-state index contributed by atoms with van der Waals surface area (Å²) in [6.07, 6.45) is 0. The van der Waals surface area contributed by atoms with Crippen molar-refractivity contribution in [1.82, 2.24) is 0 Å². The molecule has 2 rings (SSSR count). The first-order chi connectivity index (χ1) is 8.59. The lowest BCUT2D eigenvalue weighted by Crippen LogP contribution is -2.00. The molecule has 18 heavy (non-hydrogen) atoms. The van der Waals surface area contributed by atoms with E-state index in [-0.39, 0.29) is 15.8 Å². The molecule has 1 N–H and O–H groups in total. The highest BCUT2D eigenvalue weighted by molar-refractivity contribution is 9.10. The molecule has 0 saturated heterocycles. The monoisotopic (exact) mass is 310 g/mol. The van der Waals surface area contributed by atoms with E-state index in [2.05, 4.69) is 15.9 Å². The summed E-state index contributed by atoms with van der Waals surface area (Å²) < 4.78 is 19.1. The number of hydrogen-bond donors (Lipinski definition) is 1. The lowest BCUT2D eigenvalue weighted by molar-refractivity contribution is 0.0695. The molecule has 0 aliphatic heterocycles. The van der Waals surface area contributed by atoms with Crippen LogP contribution < -0.4 is 4.74 Å². The van der Waals surface area contributed by atoms with Crippen molar-refractivity contribution in [1.29, 1.82) is 0 Å². The van der Waals surface area contributed by atoms with Gasteiger partial charge in [0.1, 0.15) is 5.75 Å². The van der Waals surface area contributed by atoms with Gasteiger partial charge in [0.2, 0.25) is 0 Å². The minimum absolute atomic E-state index is 0.0296. The number of para-hydroxylation sites is 1. The average Bonchev–Trinajstić information content (AvgIpc) is 2.36. The zero-order valence-corrected chi connectivity index (χ0v) is 10.6. The minimum atomic E-state index is -1.20. The summed E-state index contributed by atoms with van der Waals surface area (Å²) in [4.78, 5) is 10.8. The number of carboxylic acids is 1. The quantitative estimate of drug-likeness (QED) is 0.929. The normalized spacial score (nSPS) is 10.1. The smallest absolute Gasteiger partial charge is 0.336 e. The average molecular weight is 311 g/mol. The van der Waals surface area contributed by atoms with Crippen molar-refractivity contribution >= 4 is 21.9 Å². The predicted octanol–water partition coefficient (Wildman–Crippen LogP) is 4.08. The van der Waals surface area contributed by atoms with Gasteiger partial charge < -0.3 is 9.84 Å². The highest BCUT2D eigenvalue weighted by atomic mass is 79.9. The van der Waals surface area contributed by atoms with E-state index in [0.29, 0.717) is 5.75 Å². The molecule has 0 saturated carbocycles. The second kappa shape index (κ2) is 5.18. The van der Waals surface area contributed by atoms with Crippen LogP contribution in [0.15, 0.2) is 46.9 Å². The SMILES string of the molecule is O=C(O)c1ccc(Oc2ccccc2)c(F)c1Br. The topological polar surface area (TPSA) is 46.5 Å². The Bertz CT molecular complexity index is 584. The molecular weight excluding hydrogens is 303 g/mol. The van der Waals surface area contributed by atoms with E-state index in [1.807, 2.05) is 6.07 Å². The van der Waals surface area contributed by atoms with E-state index in [9.17, 15) is 9.18 Å². The van der Waals surface area contributed by atoms with Crippen LogP contribution in [0.1, 0.15) is 10.4 Å². The Kier molecular flexibility index (Phi) is 3.62. The molecule has 0 amide bonds. The Morgan fingerprint density at radius 3 is 2.44 bits per heavy atom. The molecular formula is C13H8BrFO3. The van der Waals surface area contributed by atoms with Crippen LogP contribution in [0.2, 0.25) is 0 Å². The summed E-state index contributed by atoms with van der Waals surface area (Å²) in [5.74, 6) is -1.49. The van der Waals surface area contributed by atoms with Gasteiger partial charge in [0, 0.05) is 0 Å². The standard InChI is InChI=1S/C13H8BrFO3/c14-11-9(13(16)17)6-7-10(12(11)15)18-8-4-2-1-3-5-8/h1-7H,(H,16,17). The van der Waals surface area contributed by atoms with Gasteiger partial charge in [-0.2, -0.15) is 0 Å². The Morgan fingerprint density at radius 2 is 1.83 bits per heavy atom. The van der Waals surface area contributed by atoms with Crippen LogP contribution in [-0.4, -0.2) is 11.1 Å². The highest BCUT2D eigenvalue weighted by Gasteiger charge is 2.16. The van der Waals surface area contributed by atoms with Crippen molar-refractivity contribution < 1.29 is 19.0 Å². The van der Waals surface area contributed by atoms with Crippen LogP contribution in [0, 0.1) is 5.82 Å². The molecule has 2 aromatic rings. The first-order valence-corrected chi connectivity index (χ1v) is 5.83. The lowest BCUT2D eigenvalue weighted by atomic mass is 10.2. The van der Waals surface area contributed by atoms with E-state index in [0.717, 1.165) is 0 Å². The zero-order chi connectivity index (χ0) is 13.1. The van der Waals surface area contributed by atoms with Crippen LogP contribution in [0.5, 0.6) is 11.5 Å². The first-order valence-electron chi connectivity index (χ1n) is 5.04. The van der Waals surface area contributed by atoms with E-state index in [1.165, 1.54) is 12.1 Å². The largest absolute Gasteiger partial charge is 0.478 e. The van der Waals surface area contributed by atoms with Gasteiger partial charge >= 0.3 is 5.97 Å². The van der Waals surface area contributed by atoms with Gasteiger partial charge in [-0.05, 0) is 40.2 Å². The van der Waals surface area contributed by atoms with Gasteiger partial charge in [0.15, 0.2) is 11.6 Å². The molecule has 5 heteroatoms. The second-order valence-corrected chi connectivity index (χ2v) is 4.25. The van der Waals surface area contributed by atoms with Gasteiger partial charge in [-0.25, -0.2) is 9.18 Å². The Labute approximate surface area is 111 Å². The van der Waals surface area contributed by atoms with Gasteiger partial charge in [0.05, 0.1) is 10.0 Å². The first kappa shape index (κ1) is 12.6. The molecule has 2 aromatic carbocycles. The highest BCUT2D eigenvalue weighted by Crippen LogP contribution is 2.31. The van der Waals surface area contributed by atoms with Crippen molar-refractivity contribution in [3.63, 3.8) is 0 Å². The van der Waals surface area contributed by atoms with Crippen LogP contribution in [0.25, 0.3) is 0 Å². The van der Waals surface area contributed by atoms with E-state index in [4.69, 9.17) is 9.84 Å². The Hall–Kier alpha value is -1.88. The number of benzene rings is 2. The zero-order valence-electron chi connectivity index (χ0n) is 9.06. The maximum absolute atomic E-state index is 13.9. The third kappa shape index (κ3) is 2.51. The van der Waals surface area contributed by atoms with Crippen LogP contribution >= 0.6 is 15.9 Å². The lowest BCUT2D eigenvalue weighted by Gasteiger charge is -2.09. The summed E-state index contributed by atoms with van der Waals surface area (Å²) in [6, 6.07) is 11.3. The molecule has 0 heterocycles. The maximum Gasteiger partial charge on any atom is 0.336 e. The van der Waals surface area contributed by atoms with Crippen LogP contribution in [0.3, 0.4) is 0 Å². The van der Waals surface area contributed by atoms with Crippen molar-refractivity contribution in [2.24, 2.45) is 0 Å². The van der Waals surface area contributed by atoms with Crippen molar-refractivity contribution in [3.8, 4) is 11.5 Å². The molecule has 0 unspecified atom stereocenters. The Balaban J connectivity index is 2.36. The number of rotatable bonds is 3. The molecule has 3 nitrogen and oxygen atoms in total. The van der Waals surface area contributed by atoms with E-state index >= 15 is 0 Å². The fourth-order valence-electron chi connectivity index (χ4n) is 1.39. The van der Waals surface area contributed by atoms with Crippen molar-refractivity contribution in [2.75, 3.05) is 0 Å². The van der Waals surface area contributed by atoms with Crippen molar-refractivity contribution in [3.05, 3.63) is 58.3 Å². The van der Waals surface area contributed by atoms with Crippen LogP contribution in [-0.2, 0) is 0 Å². The van der Waals surface area contributed by atoms with Gasteiger partial charge in [-0.1, -0.05) is 18.2 Å². The van der Waals surface area contributed by atoms with Gasteiger partial charge in [0.25, 0.3) is 0 Å². The predicted molar refractivity (Wildman–Crippen MR) is 67.6 cm³/mol. The summed E-state index contributed by atoms with van der Waals surface area (Å²) >= 11 is 2.91. The van der Waals surface area contributed by atoms with Crippen molar-refractivity contribution in [2.45, 2.75) is 0 Å². The molecule has 0 bridgehead atoms. The van der Waals surface area contributed by atoms with Gasteiger partial charge in [-0.3, -0.25) is 0 Å². The molecule has 0 spiro atoms. The molecule has 0 radical (unpaired) electrons. The summed E-state index contributed by atoms with van der Waals surface area (Å²) in [5, 5.41) is 8.83. The molecule has 0 aromatic heterocycles. The Morgan fingerprint density at radius 1 is 1.17 bits per heavy atom. The molecule has 0 atom stereocenters. The number of halogens is 2. The fraction of sp³-hybridized carbons (Fsp3) is 0. The fourth-order valence-corrected chi connectivity index (χ4v) is 1.89. The number of aromatic carboxylic acids is 1. The third-order valence-corrected chi connectivity index (χ3v) is 3.02. The molecule has 0 aliphatic carbocycles. The number of carboxylic acid groups (broad SMARTS) is 1. The summed E-state index contributed by atoms with van der Waals surface area (Å²) in [5.41, 5.74) is -0.145. The van der Waals surface area contributed by atoms with E-state index < -0.39 is 11.8 Å².